The highest BCUT2D eigenvalue weighted by atomic mass is 16.4. The van der Waals surface area contributed by atoms with Gasteiger partial charge in [-0.2, -0.15) is 5.10 Å². The van der Waals surface area contributed by atoms with Crippen LogP contribution in [0.4, 0.5) is 0 Å². The number of rotatable bonds is 6. The first-order valence-electron chi connectivity index (χ1n) is 7.59. The lowest BCUT2D eigenvalue weighted by atomic mass is 9.83. The van der Waals surface area contributed by atoms with Crippen LogP contribution in [0.1, 0.15) is 61.5 Å². The van der Waals surface area contributed by atoms with Crippen LogP contribution < -0.4 is 5.32 Å². The maximum Gasteiger partial charge on any atom is 0.339 e. The highest BCUT2D eigenvalue weighted by Crippen LogP contribution is 2.27. The molecule has 0 unspecified atom stereocenters. The van der Waals surface area contributed by atoms with E-state index in [1.54, 1.807) is 11.7 Å². The molecule has 2 rings (SSSR count). The topological polar surface area (TPSA) is 67.2 Å². The van der Waals surface area contributed by atoms with E-state index in [0.29, 0.717) is 18.2 Å². The largest absolute Gasteiger partial charge is 0.478 e. The molecule has 112 valence electrons. The minimum atomic E-state index is -0.901. The second-order valence-corrected chi connectivity index (χ2v) is 5.82. The summed E-state index contributed by atoms with van der Waals surface area (Å²) in [6, 6.07) is 0.514. The van der Waals surface area contributed by atoms with Crippen LogP contribution in [0.25, 0.3) is 0 Å². The molecule has 0 amide bonds. The van der Waals surface area contributed by atoms with Gasteiger partial charge in [-0.05, 0) is 31.6 Å². The molecule has 1 saturated carbocycles. The predicted molar refractivity (Wildman–Crippen MR) is 77.7 cm³/mol. The molecule has 1 aliphatic carbocycles. The Morgan fingerprint density at radius 1 is 1.45 bits per heavy atom. The normalized spacial score (nSPS) is 22.9. The van der Waals surface area contributed by atoms with Crippen LogP contribution in [0.15, 0.2) is 6.20 Å². The number of hydrogen-bond acceptors (Lipinski definition) is 3. The Morgan fingerprint density at radius 3 is 2.75 bits per heavy atom. The zero-order valence-corrected chi connectivity index (χ0v) is 12.4. The third-order valence-corrected chi connectivity index (χ3v) is 4.39. The Kier molecular flexibility index (Phi) is 5.17. The average molecular weight is 279 g/mol. The van der Waals surface area contributed by atoms with E-state index < -0.39 is 5.97 Å². The van der Waals surface area contributed by atoms with Crippen molar-refractivity contribution in [2.75, 3.05) is 0 Å². The number of aromatic nitrogens is 2. The maximum absolute atomic E-state index is 11.1. The van der Waals surface area contributed by atoms with Crippen molar-refractivity contribution in [3.8, 4) is 0 Å². The van der Waals surface area contributed by atoms with Crippen LogP contribution in [0, 0.1) is 5.92 Å². The first-order chi connectivity index (χ1) is 9.61. The molecule has 0 radical (unpaired) electrons. The van der Waals surface area contributed by atoms with Crippen molar-refractivity contribution in [2.24, 2.45) is 13.0 Å². The molecule has 1 heterocycles. The Hall–Kier alpha value is -1.36. The summed E-state index contributed by atoms with van der Waals surface area (Å²) in [5.41, 5.74) is 1.06. The summed E-state index contributed by atoms with van der Waals surface area (Å²) in [7, 11) is 1.79. The molecule has 1 aromatic rings. The van der Waals surface area contributed by atoms with Crippen LogP contribution in [-0.4, -0.2) is 26.9 Å². The van der Waals surface area contributed by atoms with Gasteiger partial charge >= 0.3 is 5.97 Å². The van der Waals surface area contributed by atoms with Crippen LogP contribution >= 0.6 is 0 Å². The molecule has 0 atom stereocenters. The molecule has 5 nitrogen and oxygen atoms in total. The highest BCUT2D eigenvalue weighted by Gasteiger charge is 2.21. The molecule has 0 aliphatic heterocycles. The number of carboxylic acid groups (broad SMARTS) is 1. The number of aryl methyl sites for hydroxylation is 1. The van der Waals surface area contributed by atoms with E-state index in [0.717, 1.165) is 11.6 Å². The predicted octanol–water partition coefficient (Wildman–Crippen LogP) is 2.57. The Morgan fingerprint density at radius 2 is 2.15 bits per heavy atom. The molecule has 0 saturated heterocycles. The molecule has 0 aromatic carbocycles. The van der Waals surface area contributed by atoms with E-state index in [1.807, 2.05) is 0 Å². The van der Waals surface area contributed by atoms with Crippen molar-refractivity contribution in [3.05, 3.63) is 17.5 Å². The number of nitrogens with zero attached hydrogens (tertiary/aromatic N) is 2. The van der Waals surface area contributed by atoms with Gasteiger partial charge in [-0.15, -0.1) is 0 Å². The fourth-order valence-electron chi connectivity index (χ4n) is 3.16. The first kappa shape index (κ1) is 15.0. The SMILES string of the molecule is CCCC1CCC(NCc2c(C(=O)O)cnn2C)CC1. The zero-order chi connectivity index (χ0) is 14.5. The standard InChI is InChI=1S/C15H25N3O2/c1-3-4-11-5-7-12(8-6-11)16-10-14-13(15(19)20)9-17-18(14)2/h9,11-12,16H,3-8,10H2,1-2H3,(H,19,20). The van der Waals surface area contributed by atoms with Gasteiger partial charge in [0.05, 0.1) is 11.9 Å². The molecule has 1 aromatic heterocycles. The lowest BCUT2D eigenvalue weighted by molar-refractivity contribution is 0.0695. The van der Waals surface area contributed by atoms with Crippen molar-refractivity contribution >= 4 is 5.97 Å². The summed E-state index contributed by atoms with van der Waals surface area (Å²) >= 11 is 0. The lowest BCUT2D eigenvalue weighted by Crippen LogP contribution is -2.33. The second-order valence-electron chi connectivity index (χ2n) is 5.82. The first-order valence-corrected chi connectivity index (χ1v) is 7.59. The molecular formula is C15H25N3O2. The smallest absolute Gasteiger partial charge is 0.339 e. The number of carboxylic acids is 1. The summed E-state index contributed by atoms with van der Waals surface area (Å²) < 4.78 is 1.65. The van der Waals surface area contributed by atoms with Crippen molar-refractivity contribution in [1.29, 1.82) is 0 Å². The van der Waals surface area contributed by atoms with Crippen molar-refractivity contribution in [3.63, 3.8) is 0 Å². The van der Waals surface area contributed by atoms with Gasteiger partial charge in [0.15, 0.2) is 0 Å². The maximum atomic E-state index is 11.1. The molecule has 0 spiro atoms. The van der Waals surface area contributed by atoms with Gasteiger partial charge in [0.2, 0.25) is 0 Å². The van der Waals surface area contributed by atoms with E-state index in [2.05, 4.69) is 17.3 Å². The van der Waals surface area contributed by atoms with Crippen LogP contribution in [0.2, 0.25) is 0 Å². The van der Waals surface area contributed by atoms with Crippen molar-refractivity contribution in [1.82, 2.24) is 15.1 Å². The van der Waals surface area contributed by atoms with Crippen LogP contribution in [-0.2, 0) is 13.6 Å². The van der Waals surface area contributed by atoms with Gasteiger partial charge in [-0.25, -0.2) is 4.79 Å². The Bertz CT molecular complexity index is 448. The lowest BCUT2D eigenvalue weighted by Gasteiger charge is -2.29. The zero-order valence-electron chi connectivity index (χ0n) is 12.4. The van der Waals surface area contributed by atoms with Gasteiger partial charge in [-0.1, -0.05) is 19.8 Å². The summed E-state index contributed by atoms with van der Waals surface area (Å²) in [4.78, 5) is 11.1. The number of nitrogens with one attached hydrogen (secondary N) is 1. The van der Waals surface area contributed by atoms with Gasteiger partial charge in [-0.3, -0.25) is 4.68 Å². The Labute approximate surface area is 120 Å². The molecular weight excluding hydrogens is 254 g/mol. The molecule has 5 heteroatoms. The Balaban J connectivity index is 1.85. The summed E-state index contributed by atoms with van der Waals surface area (Å²) in [5, 5.41) is 16.7. The van der Waals surface area contributed by atoms with Crippen LogP contribution in [0.5, 0.6) is 0 Å². The fourth-order valence-corrected chi connectivity index (χ4v) is 3.16. The second kappa shape index (κ2) is 6.88. The van der Waals surface area contributed by atoms with Crippen LogP contribution in [0.3, 0.4) is 0 Å². The molecule has 2 N–H and O–H groups in total. The van der Waals surface area contributed by atoms with Gasteiger partial charge < -0.3 is 10.4 Å². The number of hydrogen-bond donors (Lipinski definition) is 2. The third kappa shape index (κ3) is 3.60. The van der Waals surface area contributed by atoms with Crippen molar-refractivity contribution < 1.29 is 9.90 Å². The van der Waals surface area contributed by atoms with E-state index in [-0.39, 0.29) is 0 Å². The summed E-state index contributed by atoms with van der Waals surface area (Å²) in [6.45, 7) is 2.83. The van der Waals surface area contributed by atoms with Gasteiger partial charge in [0.1, 0.15) is 5.56 Å². The number of carbonyl (C=O) groups is 1. The van der Waals surface area contributed by atoms with E-state index >= 15 is 0 Å². The van der Waals surface area contributed by atoms with E-state index in [1.165, 1.54) is 44.7 Å². The highest BCUT2D eigenvalue weighted by molar-refractivity contribution is 5.88. The molecule has 1 fully saturated rings. The molecule has 1 aliphatic rings. The molecule has 20 heavy (non-hydrogen) atoms. The number of aromatic carboxylic acids is 1. The van der Waals surface area contributed by atoms with E-state index in [9.17, 15) is 4.79 Å². The average Bonchev–Trinajstić information content (AvgIpc) is 2.80. The fraction of sp³-hybridized carbons (Fsp3) is 0.733. The van der Waals surface area contributed by atoms with Crippen molar-refractivity contribution in [2.45, 2.75) is 58.0 Å². The minimum absolute atomic E-state index is 0.305. The van der Waals surface area contributed by atoms with Gasteiger partial charge in [0.25, 0.3) is 0 Å². The third-order valence-electron chi connectivity index (χ3n) is 4.39. The van der Waals surface area contributed by atoms with Gasteiger partial charge in [0, 0.05) is 19.6 Å². The van der Waals surface area contributed by atoms with E-state index in [4.69, 9.17) is 5.11 Å². The quantitative estimate of drug-likeness (QED) is 0.840. The molecule has 0 bridgehead atoms. The summed E-state index contributed by atoms with van der Waals surface area (Å²) in [6.07, 6.45) is 9.04. The monoisotopic (exact) mass is 279 g/mol. The summed E-state index contributed by atoms with van der Waals surface area (Å²) in [5.74, 6) is -0.00844. The minimum Gasteiger partial charge on any atom is -0.478 e.